The van der Waals surface area contributed by atoms with E-state index in [1.807, 2.05) is 44.2 Å². The number of sulfonamides is 1. The lowest BCUT2D eigenvalue weighted by Gasteiger charge is -2.32. The van der Waals surface area contributed by atoms with Gasteiger partial charge in [-0.3, -0.25) is 14.4 Å². The van der Waals surface area contributed by atoms with Crippen LogP contribution in [-0.2, 0) is 32.6 Å². The molecule has 8 nitrogen and oxygen atoms in total. The number of rotatable bonds is 11. The molecular weight excluding hydrogens is 533 g/mol. The fourth-order valence-electron chi connectivity index (χ4n) is 4.58. The molecular formula is C30H32FN3O5S. The second kappa shape index (κ2) is 12.4. The van der Waals surface area contributed by atoms with Gasteiger partial charge >= 0.3 is 0 Å². The van der Waals surface area contributed by atoms with Crippen molar-refractivity contribution in [1.29, 1.82) is 0 Å². The number of hydrogen-bond acceptors (Lipinski definition) is 5. The molecule has 0 fully saturated rings. The minimum Gasteiger partial charge on any atom is -0.354 e. The minimum absolute atomic E-state index is 0.0492. The second-order valence-corrected chi connectivity index (χ2v) is 11.9. The van der Waals surface area contributed by atoms with Crippen molar-refractivity contribution in [3.05, 3.63) is 101 Å². The highest BCUT2D eigenvalue weighted by atomic mass is 32.2. The zero-order valence-corrected chi connectivity index (χ0v) is 23.2. The Morgan fingerprint density at radius 2 is 1.60 bits per heavy atom. The quantitative estimate of drug-likeness (QED) is 0.381. The van der Waals surface area contributed by atoms with Crippen LogP contribution in [0.5, 0.6) is 0 Å². The molecule has 40 heavy (non-hydrogen) atoms. The SMILES string of the molecule is CC(C)CNC(=O)[C@@H](Cc1ccccc1)N(Cc1ccccc1F)C(=O)CCN1C(=O)c2ccccc2S1(=O)=O. The van der Waals surface area contributed by atoms with Crippen molar-refractivity contribution < 1.29 is 27.2 Å². The first-order chi connectivity index (χ1) is 19.1. The number of carbonyl (C=O) groups excluding carboxylic acids is 3. The van der Waals surface area contributed by atoms with Crippen molar-refractivity contribution in [3.63, 3.8) is 0 Å². The summed E-state index contributed by atoms with van der Waals surface area (Å²) < 4.78 is 41.4. The van der Waals surface area contributed by atoms with Crippen molar-refractivity contribution in [2.45, 2.75) is 44.2 Å². The molecule has 1 heterocycles. The van der Waals surface area contributed by atoms with Gasteiger partial charge in [0.1, 0.15) is 16.8 Å². The molecule has 0 aliphatic carbocycles. The summed E-state index contributed by atoms with van der Waals surface area (Å²) in [7, 11) is -4.11. The number of halogens is 1. The molecule has 0 radical (unpaired) electrons. The van der Waals surface area contributed by atoms with Crippen molar-refractivity contribution in [3.8, 4) is 0 Å². The number of amides is 3. The summed E-state index contributed by atoms with van der Waals surface area (Å²) in [6, 6.07) is 20.0. The first kappa shape index (κ1) is 28.9. The van der Waals surface area contributed by atoms with E-state index in [2.05, 4.69) is 5.32 Å². The molecule has 1 N–H and O–H groups in total. The standard InChI is InChI=1S/C30H32FN3O5S/c1-21(2)19-32-29(36)26(18-22-10-4-3-5-11-22)33(20-23-12-6-8-14-25(23)31)28(35)16-17-34-30(37)24-13-7-9-15-27(24)40(34,38)39/h3-15,21,26H,16-20H2,1-2H3,(H,32,36)/t26-/m1/s1. The molecule has 0 saturated carbocycles. The van der Waals surface area contributed by atoms with Crippen LogP contribution in [0, 0.1) is 11.7 Å². The van der Waals surface area contributed by atoms with Gasteiger partial charge in [-0.25, -0.2) is 17.1 Å². The van der Waals surface area contributed by atoms with Crippen LogP contribution in [0.1, 0.15) is 41.8 Å². The minimum atomic E-state index is -4.11. The van der Waals surface area contributed by atoms with Gasteiger partial charge < -0.3 is 10.2 Å². The van der Waals surface area contributed by atoms with E-state index in [0.29, 0.717) is 10.8 Å². The monoisotopic (exact) mass is 565 g/mol. The zero-order chi connectivity index (χ0) is 28.9. The Kier molecular flexibility index (Phi) is 8.99. The van der Waals surface area contributed by atoms with Crippen LogP contribution < -0.4 is 5.32 Å². The normalized spacial score (nSPS) is 14.6. The zero-order valence-electron chi connectivity index (χ0n) is 22.4. The molecule has 0 unspecified atom stereocenters. The van der Waals surface area contributed by atoms with Gasteiger partial charge in [-0.1, -0.05) is 74.5 Å². The number of nitrogens with one attached hydrogen (secondary N) is 1. The van der Waals surface area contributed by atoms with Crippen LogP contribution in [0.3, 0.4) is 0 Å². The van der Waals surface area contributed by atoms with Crippen LogP contribution in [0.15, 0.2) is 83.8 Å². The molecule has 1 aliphatic heterocycles. The highest BCUT2D eigenvalue weighted by Gasteiger charge is 2.41. The smallest absolute Gasteiger partial charge is 0.269 e. The van der Waals surface area contributed by atoms with Gasteiger partial charge in [-0.2, -0.15) is 0 Å². The maximum Gasteiger partial charge on any atom is 0.269 e. The summed E-state index contributed by atoms with van der Waals surface area (Å²) in [5.74, 6) is -2.07. The largest absolute Gasteiger partial charge is 0.354 e. The molecule has 0 spiro atoms. The summed E-state index contributed by atoms with van der Waals surface area (Å²) in [6.07, 6.45) is -0.215. The van der Waals surface area contributed by atoms with Crippen molar-refractivity contribution in [2.75, 3.05) is 13.1 Å². The van der Waals surface area contributed by atoms with E-state index < -0.39 is 46.1 Å². The van der Waals surface area contributed by atoms with Gasteiger partial charge in [-0.15, -0.1) is 0 Å². The molecule has 0 saturated heterocycles. The van der Waals surface area contributed by atoms with Gasteiger partial charge in [-0.05, 0) is 29.7 Å². The Balaban J connectivity index is 1.64. The molecule has 0 aromatic heterocycles. The summed E-state index contributed by atoms with van der Waals surface area (Å²) >= 11 is 0. The second-order valence-electron chi connectivity index (χ2n) is 10.1. The highest BCUT2D eigenvalue weighted by molar-refractivity contribution is 7.90. The van der Waals surface area contributed by atoms with E-state index in [4.69, 9.17) is 0 Å². The van der Waals surface area contributed by atoms with Crippen molar-refractivity contribution in [1.82, 2.24) is 14.5 Å². The third-order valence-electron chi connectivity index (χ3n) is 6.69. The molecule has 3 aromatic carbocycles. The van der Waals surface area contributed by atoms with Crippen LogP contribution in [0.2, 0.25) is 0 Å². The maximum absolute atomic E-state index is 14.7. The Labute approximate surface area is 233 Å². The first-order valence-corrected chi connectivity index (χ1v) is 14.5. The molecule has 210 valence electrons. The van der Waals surface area contributed by atoms with Crippen LogP contribution in [0.25, 0.3) is 0 Å². The number of carbonyl (C=O) groups is 3. The van der Waals surface area contributed by atoms with Gasteiger partial charge in [0.05, 0.1) is 5.56 Å². The van der Waals surface area contributed by atoms with Crippen LogP contribution in [-0.4, -0.2) is 54.5 Å². The Bertz CT molecular complexity index is 1490. The number of fused-ring (bicyclic) bond motifs is 1. The van der Waals surface area contributed by atoms with E-state index >= 15 is 0 Å². The van der Waals surface area contributed by atoms with Gasteiger partial charge in [0.2, 0.25) is 11.8 Å². The average Bonchev–Trinajstić information content (AvgIpc) is 3.13. The molecule has 3 amide bonds. The summed E-state index contributed by atoms with van der Waals surface area (Å²) in [5, 5.41) is 2.88. The third-order valence-corrected chi connectivity index (χ3v) is 8.54. The fraction of sp³-hybridized carbons (Fsp3) is 0.300. The predicted molar refractivity (Wildman–Crippen MR) is 148 cm³/mol. The van der Waals surface area contributed by atoms with Gasteiger partial charge in [0, 0.05) is 38.0 Å². The Morgan fingerprint density at radius 1 is 0.950 bits per heavy atom. The lowest BCUT2D eigenvalue weighted by Crippen LogP contribution is -2.51. The van der Waals surface area contributed by atoms with Crippen molar-refractivity contribution >= 4 is 27.7 Å². The average molecular weight is 566 g/mol. The van der Waals surface area contributed by atoms with Gasteiger partial charge in [0.25, 0.3) is 15.9 Å². The molecule has 1 aliphatic rings. The predicted octanol–water partition coefficient (Wildman–Crippen LogP) is 3.77. The lowest BCUT2D eigenvalue weighted by atomic mass is 10.0. The van der Waals surface area contributed by atoms with Crippen LogP contribution >= 0.6 is 0 Å². The summed E-state index contributed by atoms with van der Waals surface area (Å²) in [4.78, 5) is 41.3. The fourth-order valence-corrected chi connectivity index (χ4v) is 6.15. The van der Waals surface area contributed by atoms with Crippen LogP contribution in [0.4, 0.5) is 4.39 Å². The number of hydrogen-bond donors (Lipinski definition) is 1. The van der Waals surface area contributed by atoms with E-state index in [0.717, 1.165) is 5.56 Å². The number of benzene rings is 3. The van der Waals surface area contributed by atoms with Crippen molar-refractivity contribution in [2.24, 2.45) is 5.92 Å². The maximum atomic E-state index is 14.7. The van der Waals surface area contributed by atoms with Gasteiger partial charge in [0.15, 0.2) is 0 Å². The van der Waals surface area contributed by atoms with E-state index in [1.165, 1.54) is 41.3 Å². The Morgan fingerprint density at radius 3 is 2.27 bits per heavy atom. The Hall–Kier alpha value is -4.05. The third kappa shape index (κ3) is 6.39. The first-order valence-electron chi connectivity index (χ1n) is 13.1. The molecule has 0 bridgehead atoms. The van der Waals surface area contributed by atoms with E-state index in [9.17, 15) is 27.2 Å². The highest BCUT2D eigenvalue weighted by Crippen LogP contribution is 2.30. The topological polar surface area (TPSA) is 104 Å². The molecule has 1 atom stereocenters. The van der Waals surface area contributed by atoms with E-state index in [-0.39, 0.29) is 41.3 Å². The molecule has 10 heteroatoms. The number of nitrogens with zero attached hydrogens (tertiary/aromatic N) is 2. The molecule has 3 aromatic rings. The molecule has 4 rings (SSSR count). The lowest BCUT2D eigenvalue weighted by molar-refractivity contribution is -0.141. The summed E-state index contributed by atoms with van der Waals surface area (Å²) in [5.41, 5.74) is 1.06. The van der Waals surface area contributed by atoms with E-state index in [1.54, 1.807) is 12.1 Å². The summed E-state index contributed by atoms with van der Waals surface area (Å²) in [6.45, 7) is 3.65.